The number of aryl methyl sites for hydroxylation is 1. The molecule has 0 spiro atoms. The Morgan fingerprint density at radius 2 is 1.85 bits per heavy atom. The number of anilines is 1. The average molecular weight is 278 g/mol. The molecule has 1 aliphatic heterocycles. The van der Waals surface area contributed by atoms with E-state index in [2.05, 4.69) is 24.9 Å². The Kier molecular flexibility index (Phi) is 4.08. The number of hydrogen-bond acceptors (Lipinski definition) is 6. The molecule has 0 radical (unpaired) electrons. The second kappa shape index (κ2) is 5.62. The maximum atomic E-state index is 8.88. The van der Waals surface area contributed by atoms with Gasteiger partial charge in [-0.05, 0) is 20.8 Å². The molecule has 110 valence electrons. The first-order chi connectivity index (χ1) is 9.46. The molecule has 0 amide bonds. The van der Waals surface area contributed by atoms with Gasteiger partial charge in [-0.25, -0.2) is 4.98 Å². The zero-order valence-corrected chi connectivity index (χ0v) is 12.2. The molecule has 0 unspecified atom stereocenters. The molecule has 7 heteroatoms. The third-order valence-corrected chi connectivity index (χ3v) is 3.96. The van der Waals surface area contributed by atoms with Crippen LogP contribution < -0.4 is 10.6 Å². The molecule has 0 aromatic carbocycles. The second-order valence-electron chi connectivity index (χ2n) is 5.48. The highest BCUT2D eigenvalue weighted by molar-refractivity contribution is 5.88. The zero-order valence-electron chi connectivity index (χ0n) is 12.2. The number of aromatic nitrogens is 2. The van der Waals surface area contributed by atoms with Gasteiger partial charge in [0.1, 0.15) is 5.82 Å². The van der Waals surface area contributed by atoms with Crippen LogP contribution in [0.25, 0.3) is 0 Å². The number of nitrogens with two attached hydrogens (primary N) is 1. The van der Waals surface area contributed by atoms with Gasteiger partial charge < -0.3 is 15.8 Å². The molecule has 0 atom stereocenters. The van der Waals surface area contributed by atoms with Crippen LogP contribution >= 0.6 is 0 Å². The summed E-state index contributed by atoms with van der Waals surface area (Å²) in [6.45, 7) is 9.26. The van der Waals surface area contributed by atoms with Crippen LogP contribution in [0.1, 0.15) is 19.5 Å². The summed E-state index contributed by atoms with van der Waals surface area (Å²) < 4.78 is 0. The van der Waals surface area contributed by atoms with Gasteiger partial charge in [0.05, 0.1) is 11.2 Å². The first-order valence-electron chi connectivity index (χ1n) is 6.72. The summed E-state index contributed by atoms with van der Waals surface area (Å²) in [6, 6.07) is 0. The van der Waals surface area contributed by atoms with Gasteiger partial charge in [-0.15, -0.1) is 0 Å². The van der Waals surface area contributed by atoms with E-state index in [9.17, 15) is 0 Å². The standard InChI is InChI=1S/C13H22N6O/c1-10-11(16-5-4-15-10)18-6-8-19(9-7-18)13(2,3)12(14)17-20/h4-5,20H,6-9H2,1-3H3,(H2,14,17). The summed E-state index contributed by atoms with van der Waals surface area (Å²) in [5.41, 5.74) is 6.27. The molecule has 2 rings (SSSR count). The van der Waals surface area contributed by atoms with Gasteiger partial charge in [-0.1, -0.05) is 5.16 Å². The molecule has 1 saturated heterocycles. The quantitative estimate of drug-likeness (QED) is 0.361. The second-order valence-corrected chi connectivity index (χ2v) is 5.48. The largest absolute Gasteiger partial charge is 0.409 e. The molecule has 1 fully saturated rings. The van der Waals surface area contributed by atoms with Crippen molar-refractivity contribution in [2.75, 3.05) is 31.1 Å². The number of hydrogen-bond donors (Lipinski definition) is 2. The Morgan fingerprint density at radius 3 is 2.40 bits per heavy atom. The minimum absolute atomic E-state index is 0.238. The molecule has 1 aliphatic rings. The number of nitrogens with zero attached hydrogens (tertiary/aromatic N) is 5. The van der Waals surface area contributed by atoms with Crippen LogP contribution in [-0.2, 0) is 0 Å². The molecule has 0 aliphatic carbocycles. The monoisotopic (exact) mass is 278 g/mol. The summed E-state index contributed by atoms with van der Waals surface area (Å²) >= 11 is 0. The van der Waals surface area contributed by atoms with Gasteiger partial charge in [0.25, 0.3) is 0 Å². The normalized spacial score (nSPS) is 18.4. The molecule has 20 heavy (non-hydrogen) atoms. The lowest BCUT2D eigenvalue weighted by Crippen LogP contribution is -2.60. The first kappa shape index (κ1) is 14.5. The van der Waals surface area contributed by atoms with E-state index in [0.717, 1.165) is 37.7 Å². The predicted molar refractivity (Wildman–Crippen MR) is 78.0 cm³/mol. The number of piperazine rings is 1. The van der Waals surface area contributed by atoms with Gasteiger partial charge in [0.2, 0.25) is 0 Å². The number of amidine groups is 1. The van der Waals surface area contributed by atoms with E-state index in [1.54, 1.807) is 12.4 Å². The lowest BCUT2D eigenvalue weighted by molar-refractivity contribution is 0.161. The van der Waals surface area contributed by atoms with E-state index in [1.165, 1.54) is 0 Å². The molecule has 1 aromatic heterocycles. The predicted octanol–water partition coefficient (Wildman–Crippen LogP) is 0.432. The topological polar surface area (TPSA) is 90.9 Å². The van der Waals surface area contributed by atoms with Crippen molar-refractivity contribution in [3.63, 3.8) is 0 Å². The van der Waals surface area contributed by atoms with E-state index >= 15 is 0 Å². The van der Waals surface area contributed by atoms with Gasteiger partial charge in [-0.2, -0.15) is 0 Å². The summed E-state index contributed by atoms with van der Waals surface area (Å²) in [5, 5.41) is 12.0. The van der Waals surface area contributed by atoms with Gasteiger partial charge in [0.15, 0.2) is 5.84 Å². The highest BCUT2D eigenvalue weighted by Gasteiger charge is 2.34. The summed E-state index contributed by atoms with van der Waals surface area (Å²) in [4.78, 5) is 13.1. The van der Waals surface area contributed by atoms with Crippen LogP contribution in [0.4, 0.5) is 5.82 Å². The first-order valence-corrected chi connectivity index (χ1v) is 6.72. The molecule has 3 N–H and O–H groups in total. The van der Waals surface area contributed by atoms with Crippen LogP contribution in [0.3, 0.4) is 0 Å². The number of rotatable bonds is 3. The molecule has 7 nitrogen and oxygen atoms in total. The van der Waals surface area contributed by atoms with E-state index in [0.29, 0.717) is 0 Å². The van der Waals surface area contributed by atoms with Crippen molar-refractivity contribution in [2.24, 2.45) is 10.9 Å². The summed E-state index contributed by atoms with van der Waals surface area (Å²) in [7, 11) is 0. The van der Waals surface area contributed by atoms with Crippen LogP contribution in [0, 0.1) is 6.92 Å². The van der Waals surface area contributed by atoms with Crippen LogP contribution in [0.5, 0.6) is 0 Å². The van der Waals surface area contributed by atoms with Crippen LogP contribution in [-0.4, -0.2) is 57.6 Å². The van der Waals surface area contributed by atoms with Gasteiger partial charge >= 0.3 is 0 Å². The Labute approximate surface area is 119 Å². The molecule has 0 bridgehead atoms. The van der Waals surface area contributed by atoms with E-state index in [1.807, 2.05) is 20.8 Å². The molecular formula is C13H22N6O. The van der Waals surface area contributed by atoms with Crippen LogP contribution in [0.15, 0.2) is 17.5 Å². The lowest BCUT2D eigenvalue weighted by Gasteiger charge is -2.43. The molecule has 1 aromatic rings. The maximum Gasteiger partial charge on any atom is 0.159 e. The van der Waals surface area contributed by atoms with Crippen molar-refractivity contribution >= 4 is 11.7 Å². The van der Waals surface area contributed by atoms with E-state index in [4.69, 9.17) is 10.9 Å². The van der Waals surface area contributed by atoms with E-state index in [-0.39, 0.29) is 5.84 Å². The summed E-state index contributed by atoms with van der Waals surface area (Å²) in [6.07, 6.45) is 3.42. The van der Waals surface area contributed by atoms with E-state index < -0.39 is 5.54 Å². The number of oxime groups is 1. The minimum atomic E-state index is -0.446. The SMILES string of the molecule is Cc1nccnc1N1CCN(C(C)(C)C(N)=NO)CC1. The third-order valence-electron chi connectivity index (χ3n) is 3.96. The molecule has 0 saturated carbocycles. The Balaban J connectivity index is 2.05. The van der Waals surface area contributed by atoms with Crippen molar-refractivity contribution in [2.45, 2.75) is 26.3 Å². The fourth-order valence-electron chi connectivity index (χ4n) is 2.47. The third kappa shape index (κ3) is 2.67. The fourth-order valence-corrected chi connectivity index (χ4v) is 2.47. The van der Waals surface area contributed by atoms with Gasteiger partial charge in [0, 0.05) is 38.6 Å². The van der Waals surface area contributed by atoms with Crippen LogP contribution in [0.2, 0.25) is 0 Å². The van der Waals surface area contributed by atoms with Gasteiger partial charge in [-0.3, -0.25) is 9.88 Å². The average Bonchev–Trinajstić information content (AvgIpc) is 2.47. The maximum absolute atomic E-state index is 8.88. The van der Waals surface area contributed by atoms with Crippen molar-refractivity contribution < 1.29 is 5.21 Å². The van der Waals surface area contributed by atoms with Crippen molar-refractivity contribution in [1.29, 1.82) is 0 Å². The van der Waals surface area contributed by atoms with Crippen molar-refractivity contribution in [1.82, 2.24) is 14.9 Å². The molecule has 2 heterocycles. The highest BCUT2D eigenvalue weighted by Crippen LogP contribution is 2.21. The summed E-state index contributed by atoms with van der Waals surface area (Å²) in [5.74, 6) is 1.18. The highest BCUT2D eigenvalue weighted by atomic mass is 16.4. The Hall–Kier alpha value is -1.89. The smallest absolute Gasteiger partial charge is 0.159 e. The zero-order chi connectivity index (χ0) is 14.8. The van der Waals surface area contributed by atoms with Crippen molar-refractivity contribution in [3.05, 3.63) is 18.1 Å². The lowest BCUT2D eigenvalue weighted by atomic mass is 10.0. The Bertz CT molecular complexity index is 493. The minimum Gasteiger partial charge on any atom is -0.409 e. The fraction of sp³-hybridized carbons (Fsp3) is 0.615. The Morgan fingerprint density at radius 1 is 1.25 bits per heavy atom. The molecular weight excluding hydrogens is 256 g/mol. The van der Waals surface area contributed by atoms with Crippen molar-refractivity contribution in [3.8, 4) is 0 Å².